The fourth-order valence-electron chi connectivity index (χ4n) is 1.11. The van der Waals surface area contributed by atoms with Gasteiger partial charge in [0.1, 0.15) is 0 Å². The predicted octanol–water partition coefficient (Wildman–Crippen LogP) is 0.0679. The van der Waals surface area contributed by atoms with Crippen LogP contribution in [0.3, 0.4) is 0 Å². The number of nitrogens with two attached hydrogens (primary N) is 2. The van der Waals surface area contributed by atoms with Gasteiger partial charge in [0.05, 0.1) is 6.10 Å². The Balaban J connectivity index is 3.90. The summed E-state index contributed by atoms with van der Waals surface area (Å²) in [6, 6.07) is -0.156. The lowest BCUT2D eigenvalue weighted by Crippen LogP contribution is -2.47. The van der Waals surface area contributed by atoms with E-state index in [0.717, 1.165) is 6.42 Å². The van der Waals surface area contributed by atoms with E-state index in [-0.39, 0.29) is 24.1 Å². The number of hydrogen-bond donors (Lipinski definition) is 3. The molecule has 4 atom stereocenters. The molecule has 0 aromatic heterocycles. The van der Waals surface area contributed by atoms with Crippen molar-refractivity contribution in [3.63, 3.8) is 0 Å². The summed E-state index contributed by atoms with van der Waals surface area (Å²) in [4.78, 5) is 0. The minimum atomic E-state index is -0.323. The Morgan fingerprint density at radius 2 is 1.73 bits per heavy atom. The van der Waals surface area contributed by atoms with Crippen LogP contribution in [0.15, 0.2) is 0 Å². The van der Waals surface area contributed by atoms with Gasteiger partial charge < -0.3 is 16.6 Å². The highest BCUT2D eigenvalue weighted by Crippen LogP contribution is 2.11. The number of aliphatic hydroxyl groups excluding tert-OH is 1. The van der Waals surface area contributed by atoms with Gasteiger partial charge in [0.15, 0.2) is 0 Å². The molecule has 5 N–H and O–H groups in total. The van der Waals surface area contributed by atoms with E-state index in [1.54, 1.807) is 0 Å². The van der Waals surface area contributed by atoms with Crippen LogP contribution in [0.4, 0.5) is 0 Å². The molecule has 0 aromatic carbocycles. The second-order valence-corrected chi connectivity index (χ2v) is 3.27. The first kappa shape index (κ1) is 10.9. The van der Waals surface area contributed by atoms with Gasteiger partial charge in [-0.3, -0.25) is 0 Å². The minimum absolute atomic E-state index is 0.0498. The van der Waals surface area contributed by atoms with E-state index in [0.29, 0.717) is 0 Å². The SMILES string of the molecule is CC[C@@H](O)[C@H](C)[C@@H](N)[C@H](C)N. The van der Waals surface area contributed by atoms with Gasteiger partial charge in [0.25, 0.3) is 0 Å². The molecule has 0 saturated heterocycles. The molecule has 0 amide bonds. The van der Waals surface area contributed by atoms with E-state index in [9.17, 15) is 5.11 Å². The molecule has 0 saturated carbocycles. The van der Waals surface area contributed by atoms with Crippen molar-refractivity contribution in [3.05, 3.63) is 0 Å². The van der Waals surface area contributed by atoms with Crippen LogP contribution in [0.5, 0.6) is 0 Å². The zero-order chi connectivity index (χ0) is 9.02. The predicted molar refractivity (Wildman–Crippen MR) is 47.1 cm³/mol. The summed E-state index contributed by atoms with van der Waals surface area (Å²) in [6.45, 7) is 5.74. The second kappa shape index (κ2) is 4.70. The van der Waals surface area contributed by atoms with Crippen molar-refractivity contribution in [2.75, 3.05) is 0 Å². The molecule has 0 bridgehead atoms. The summed E-state index contributed by atoms with van der Waals surface area (Å²) in [5, 5.41) is 9.41. The smallest absolute Gasteiger partial charge is 0.0578 e. The van der Waals surface area contributed by atoms with Crippen LogP contribution in [0.25, 0.3) is 0 Å². The van der Waals surface area contributed by atoms with Crippen molar-refractivity contribution in [1.29, 1.82) is 0 Å². The van der Waals surface area contributed by atoms with Gasteiger partial charge in [-0.1, -0.05) is 13.8 Å². The van der Waals surface area contributed by atoms with Gasteiger partial charge in [-0.2, -0.15) is 0 Å². The van der Waals surface area contributed by atoms with E-state index in [1.165, 1.54) is 0 Å². The zero-order valence-corrected chi connectivity index (χ0v) is 7.62. The number of aliphatic hydroxyl groups is 1. The third-order valence-electron chi connectivity index (χ3n) is 2.24. The maximum atomic E-state index is 9.41. The van der Waals surface area contributed by atoms with Crippen molar-refractivity contribution in [2.45, 2.75) is 45.4 Å². The molecule has 3 heteroatoms. The largest absolute Gasteiger partial charge is 0.393 e. The van der Waals surface area contributed by atoms with E-state index in [2.05, 4.69) is 0 Å². The molecule has 0 spiro atoms. The Kier molecular flexibility index (Phi) is 4.65. The Morgan fingerprint density at radius 1 is 1.27 bits per heavy atom. The first-order valence-corrected chi connectivity index (χ1v) is 4.19. The van der Waals surface area contributed by atoms with Gasteiger partial charge in [-0.15, -0.1) is 0 Å². The third-order valence-corrected chi connectivity index (χ3v) is 2.24. The van der Waals surface area contributed by atoms with Crippen molar-refractivity contribution < 1.29 is 5.11 Å². The lowest BCUT2D eigenvalue weighted by molar-refractivity contribution is 0.0942. The van der Waals surface area contributed by atoms with Crippen molar-refractivity contribution in [1.82, 2.24) is 0 Å². The first-order chi connectivity index (χ1) is 5.00. The van der Waals surface area contributed by atoms with Crippen molar-refractivity contribution >= 4 is 0 Å². The van der Waals surface area contributed by atoms with Crippen LogP contribution in [0.1, 0.15) is 27.2 Å². The van der Waals surface area contributed by atoms with E-state index in [4.69, 9.17) is 11.5 Å². The van der Waals surface area contributed by atoms with Crippen LogP contribution in [-0.2, 0) is 0 Å². The number of rotatable bonds is 4. The van der Waals surface area contributed by atoms with Gasteiger partial charge in [0.2, 0.25) is 0 Å². The summed E-state index contributed by atoms with van der Waals surface area (Å²) in [7, 11) is 0. The second-order valence-electron chi connectivity index (χ2n) is 3.27. The molecular weight excluding hydrogens is 140 g/mol. The topological polar surface area (TPSA) is 72.3 Å². The monoisotopic (exact) mass is 160 g/mol. The quantitative estimate of drug-likeness (QED) is 0.545. The highest BCUT2D eigenvalue weighted by molar-refractivity contribution is 4.81. The van der Waals surface area contributed by atoms with Crippen molar-refractivity contribution in [3.8, 4) is 0 Å². The van der Waals surface area contributed by atoms with Gasteiger partial charge in [-0.25, -0.2) is 0 Å². The van der Waals surface area contributed by atoms with Crippen LogP contribution in [-0.4, -0.2) is 23.3 Å². The lowest BCUT2D eigenvalue weighted by atomic mass is 9.91. The third kappa shape index (κ3) is 3.18. The lowest BCUT2D eigenvalue weighted by Gasteiger charge is -2.26. The van der Waals surface area contributed by atoms with Crippen LogP contribution in [0.2, 0.25) is 0 Å². The van der Waals surface area contributed by atoms with Gasteiger partial charge in [0, 0.05) is 12.1 Å². The Hall–Kier alpha value is -0.120. The summed E-state index contributed by atoms with van der Waals surface area (Å²) >= 11 is 0. The molecule has 0 aliphatic heterocycles. The van der Waals surface area contributed by atoms with E-state index >= 15 is 0 Å². The first-order valence-electron chi connectivity index (χ1n) is 4.19. The molecule has 0 heterocycles. The fraction of sp³-hybridized carbons (Fsp3) is 1.00. The Bertz CT molecular complexity index is 106. The molecule has 0 fully saturated rings. The molecule has 3 nitrogen and oxygen atoms in total. The molecule has 0 aromatic rings. The molecule has 68 valence electrons. The van der Waals surface area contributed by atoms with Gasteiger partial charge in [-0.05, 0) is 19.3 Å². The van der Waals surface area contributed by atoms with Crippen LogP contribution in [0, 0.1) is 5.92 Å². The highest BCUT2D eigenvalue weighted by atomic mass is 16.3. The molecular formula is C8H20N2O. The zero-order valence-electron chi connectivity index (χ0n) is 7.62. The standard InChI is InChI=1S/C8H20N2O/c1-4-7(11)5(2)8(10)6(3)9/h5-8,11H,4,9-10H2,1-3H3/t5-,6-,7+,8+/m0/s1. The molecule has 0 aliphatic carbocycles. The summed E-state index contributed by atoms with van der Waals surface area (Å²) in [5.74, 6) is 0.0833. The molecule has 0 aliphatic rings. The summed E-state index contributed by atoms with van der Waals surface area (Å²) < 4.78 is 0. The van der Waals surface area contributed by atoms with Crippen molar-refractivity contribution in [2.24, 2.45) is 17.4 Å². The van der Waals surface area contributed by atoms with E-state index in [1.807, 2.05) is 20.8 Å². The number of hydrogen-bond acceptors (Lipinski definition) is 3. The van der Waals surface area contributed by atoms with Crippen LogP contribution < -0.4 is 11.5 Å². The van der Waals surface area contributed by atoms with Gasteiger partial charge >= 0.3 is 0 Å². The minimum Gasteiger partial charge on any atom is -0.393 e. The van der Waals surface area contributed by atoms with E-state index < -0.39 is 0 Å². The normalized spacial score (nSPS) is 22.4. The molecule has 11 heavy (non-hydrogen) atoms. The highest BCUT2D eigenvalue weighted by Gasteiger charge is 2.22. The maximum absolute atomic E-state index is 9.41. The van der Waals surface area contributed by atoms with Crippen LogP contribution >= 0.6 is 0 Å². The molecule has 0 unspecified atom stereocenters. The average molecular weight is 160 g/mol. The Morgan fingerprint density at radius 3 is 2.00 bits per heavy atom. The average Bonchev–Trinajstić information content (AvgIpc) is 2.00. The molecule has 0 radical (unpaired) electrons. The summed E-state index contributed by atoms with van der Waals surface area (Å²) in [5.41, 5.74) is 11.3. The fourth-order valence-corrected chi connectivity index (χ4v) is 1.11. The maximum Gasteiger partial charge on any atom is 0.0578 e. The molecule has 0 rings (SSSR count). The Labute approximate surface area is 68.8 Å². The summed E-state index contributed by atoms with van der Waals surface area (Å²) in [6.07, 6.45) is 0.415.